The summed E-state index contributed by atoms with van der Waals surface area (Å²) in [4.78, 5) is 72.6. The molecule has 1 aliphatic carbocycles. The second-order valence-corrected chi connectivity index (χ2v) is 11.9. The van der Waals surface area contributed by atoms with Crippen LogP contribution in [-0.4, -0.2) is 45.0 Å². The Balaban J connectivity index is 2.02. The zero-order chi connectivity index (χ0) is 27.8. The first-order valence-electron chi connectivity index (χ1n) is 13.5. The Bertz CT molecular complexity index is 962. The fraction of sp³-hybridized carbons (Fsp3) is 0.690. The summed E-state index contributed by atoms with van der Waals surface area (Å²) in [5, 5.41) is 2.75. The van der Waals surface area contributed by atoms with Crippen molar-refractivity contribution in [3.63, 3.8) is 0 Å². The van der Waals surface area contributed by atoms with Crippen molar-refractivity contribution in [3.05, 3.63) is 24.3 Å². The lowest BCUT2D eigenvalue weighted by Crippen LogP contribution is -2.46. The first-order chi connectivity index (χ1) is 17.3. The van der Waals surface area contributed by atoms with Crippen LogP contribution in [0.25, 0.3) is 0 Å². The van der Waals surface area contributed by atoms with E-state index in [1.807, 2.05) is 34.6 Å². The van der Waals surface area contributed by atoms with E-state index in [4.69, 9.17) is 0 Å². The van der Waals surface area contributed by atoms with Gasteiger partial charge in [0.05, 0.1) is 18.2 Å². The summed E-state index contributed by atoms with van der Waals surface area (Å²) in [6.07, 6.45) is 9.65. The molecule has 1 amide bonds. The number of Topliss-reactive ketones (excluding diaryl/α,β-unsaturated/α-hetero) is 4. The standard InChI is InChI=1S/C29H43N3O5/c1-18(2)21(27(36)26(35)14-20-10-8-7-9-11-20)15-24(33)19(3)32-28(37)22(29(4,5)6)16-25(34)23-17-30-12-13-31-23/h12-13,17-22H,7-11,14-16H2,1-6H3,(H,32,37)/t19-,21-,22+/m0/s1. The number of aromatic nitrogens is 2. The molecule has 0 saturated heterocycles. The van der Waals surface area contributed by atoms with Gasteiger partial charge in [-0.15, -0.1) is 0 Å². The lowest BCUT2D eigenvalue weighted by Gasteiger charge is -2.30. The predicted molar refractivity (Wildman–Crippen MR) is 141 cm³/mol. The number of amides is 1. The number of carbonyl (C=O) groups is 5. The van der Waals surface area contributed by atoms with Crippen molar-refractivity contribution in [2.75, 3.05) is 0 Å². The van der Waals surface area contributed by atoms with Crippen molar-refractivity contribution in [2.24, 2.45) is 29.1 Å². The van der Waals surface area contributed by atoms with Crippen LogP contribution in [0.2, 0.25) is 0 Å². The second-order valence-electron chi connectivity index (χ2n) is 11.9. The van der Waals surface area contributed by atoms with E-state index >= 15 is 0 Å². The number of ketones is 4. The average Bonchev–Trinajstić information content (AvgIpc) is 2.85. The van der Waals surface area contributed by atoms with Crippen LogP contribution in [0, 0.1) is 29.1 Å². The topological polar surface area (TPSA) is 123 Å². The maximum Gasteiger partial charge on any atom is 0.224 e. The Hall–Kier alpha value is -2.77. The summed E-state index contributed by atoms with van der Waals surface area (Å²) in [5.41, 5.74) is -0.364. The van der Waals surface area contributed by atoms with Gasteiger partial charge in [-0.1, -0.05) is 66.7 Å². The Morgan fingerprint density at radius 2 is 1.62 bits per heavy atom. The van der Waals surface area contributed by atoms with Crippen LogP contribution in [0.4, 0.5) is 0 Å². The number of hydrogen-bond donors (Lipinski definition) is 1. The molecule has 0 radical (unpaired) electrons. The van der Waals surface area contributed by atoms with Crippen molar-refractivity contribution < 1.29 is 24.0 Å². The maximum atomic E-state index is 13.2. The zero-order valence-corrected chi connectivity index (χ0v) is 23.2. The fourth-order valence-corrected chi connectivity index (χ4v) is 4.91. The van der Waals surface area contributed by atoms with E-state index in [0.29, 0.717) is 0 Å². The number of rotatable bonds is 13. The zero-order valence-electron chi connectivity index (χ0n) is 23.2. The number of nitrogens with zero attached hydrogens (tertiary/aromatic N) is 2. The molecule has 0 spiro atoms. The van der Waals surface area contributed by atoms with Crippen molar-refractivity contribution in [3.8, 4) is 0 Å². The van der Waals surface area contributed by atoms with Crippen LogP contribution in [0.3, 0.4) is 0 Å². The molecule has 0 bridgehead atoms. The molecule has 1 N–H and O–H groups in total. The summed E-state index contributed by atoms with van der Waals surface area (Å²) >= 11 is 0. The number of hydrogen-bond acceptors (Lipinski definition) is 7. The molecule has 37 heavy (non-hydrogen) atoms. The van der Waals surface area contributed by atoms with Crippen LogP contribution in [0.1, 0.15) is 103 Å². The van der Waals surface area contributed by atoms with Gasteiger partial charge in [0.2, 0.25) is 11.7 Å². The van der Waals surface area contributed by atoms with Crippen molar-refractivity contribution in [1.29, 1.82) is 0 Å². The van der Waals surface area contributed by atoms with Gasteiger partial charge in [-0.25, -0.2) is 4.98 Å². The molecular formula is C29H43N3O5. The molecule has 0 unspecified atom stereocenters. The minimum Gasteiger partial charge on any atom is -0.346 e. The Morgan fingerprint density at radius 1 is 0.973 bits per heavy atom. The molecule has 1 aliphatic rings. The maximum absolute atomic E-state index is 13.2. The fourth-order valence-electron chi connectivity index (χ4n) is 4.91. The molecule has 204 valence electrons. The van der Waals surface area contributed by atoms with Gasteiger partial charge in [-0.2, -0.15) is 0 Å². The minimum absolute atomic E-state index is 0.0717. The Labute approximate surface area is 220 Å². The highest BCUT2D eigenvalue weighted by Gasteiger charge is 2.36. The minimum atomic E-state index is -0.855. The third-order valence-electron chi connectivity index (χ3n) is 7.48. The molecule has 0 aromatic carbocycles. The van der Waals surface area contributed by atoms with E-state index < -0.39 is 35.0 Å². The van der Waals surface area contributed by atoms with E-state index in [-0.39, 0.29) is 54.1 Å². The average molecular weight is 514 g/mol. The summed E-state index contributed by atoms with van der Waals surface area (Å²) in [7, 11) is 0. The third-order valence-corrected chi connectivity index (χ3v) is 7.48. The molecule has 1 fully saturated rings. The Morgan fingerprint density at radius 3 is 2.16 bits per heavy atom. The van der Waals surface area contributed by atoms with Crippen LogP contribution >= 0.6 is 0 Å². The van der Waals surface area contributed by atoms with Gasteiger partial charge < -0.3 is 5.32 Å². The normalized spacial score (nSPS) is 17.1. The van der Waals surface area contributed by atoms with Gasteiger partial charge >= 0.3 is 0 Å². The molecule has 8 heteroatoms. The molecular weight excluding hydrogens is 470 g/mol. The molecule has 3 atom stereocenters. The quantitative estimate of drug-likeness (QED) is 0.303. The highest BCUT2D eigenvalue weighted by Crippen LogP contribution is 2.31. The van der Waals surface area contributed by atoms with Gasteiger partial charge in [0.25, 0.3) is 0 Å². The monoisotopic (exact) mass is 513 g/mol. The van der Waals surface area contributed by atoms with E-state index in [1.165, 1.54) is 25.0 Å². The molecule has 1 aromatic rings. The SMILES string of the molecule is CC(C)[C@H](CC(=O)[C@H](C)NC(=O)[C@@H](CC(=O)c1cnccn1)C(C)(C)C)C(=O)C(=O)CC1CCCCC1. The van der Waals surface area contributed by atoms with E-state index in [2.05, 4.69) is 15.3 Å². The smallest absolute Gasteiger partial charge is 0.224 e. The highest BCUT2D eigenvalue weighted by molar-refractivity contribution is 6.38. The summed E-state index contributed by atoms with van der Waals surface area (Å²) in [6, 6.07) is -0.855. The summed E-state index contributed by atoms with van der Waals surface area (Å²) in [6.45, 7) is 10.8. The summed E-state index contributed by atoms with van der Waals surface area (Å²) < 4.78 is 0. The lowest BCUT2D eigenvalue weighted by molar-refractivity contribution is -0.142. The number of carbonyl (C=O) groups excluding carboxylic acids is 5. The van der Waals surface area contributed by atoms with Gasteiger partial charge in [-0.05, 0) is 24.2 Å². The van der Waals surface area contributed by atoms with Gasteiger partial charge in [-0.3, -0.25) is 29.0 Å². The van der Waals surface area contributed by atoms with E-state index in [0.717, 1.165) is 25.7 Å². The largest absolute Gasteiger partial charge is 0.346 e. The summed E-state index contributed by atoms with van der Waals surface area (Å²) in [5.74, 6) is -3.21. The lowest BCUT2D eigenvalue weighted by atomic mass is 9.76. The van der Waals surface area contributed by atoms with Crippen LogP contribution in [0.5, 0.6) is 0 Å². The van der Waals surface area contributed by atoms with Gasteiger partial charge in [0.15, 0.2) is 17.3 Å². The number of nitrogens with one attached hydrogen (secondary N) is 1. The molecule has 2 rings (SSSR count). The van der Waals surface area contributed by atoms with Gasteiger partial charge in [0.1, 0.15) is 5.69 Å². The molecule has 1 saturated carbocycles. The van der Waals surface area contributed by atoms with Crippen molar-refractivity contribution in [1.82, 2.24) is 15.3 Å². The van der Waals surface area contributed by atoms with Crippen LogP contribution < -0.4 is 5.32 Å². The highest BCUT2D eigenvalue weighted by atomic mass is 16.2. The molecule has 1 aromatic heterocycles. The molecule has 1 heterocycles. The first kappa shape index (κ1) is 30.5. The van der Waals surface area contributed by atoms with Gasteiger partial charge in [0, 0.05) is 37.6 Å². The predicted octanol–water partition coefficient (Wildman–Crippen LogP) is 4.56. The Kier molecular flexibility index (Phi) is 11.3. The van der Waals surface area contributed by atoms with Crippen molar-refractivity contribution in [2.45, 2.75) is 99.0 Å². The van der Waals surface area contributed by atoms with E-state index in [1.54, 1.807) is 6.92 Å². The van der Waals surface area contributed by atoms with Crippen molar-refractivity contribution >= 4 is 29.0 Å². The molecule has 8 nitrogen and oxygen atoms in total. The van der Waals surface area contributed by atoms with Crippen LogP contribution in [0.15, 0.2) is 18.6 Å². The first-order valence-corrected chi connectivity index (χ1v) is 13.5. The third kappa shape index (κ3) is 9.24. The molecule has 0 aliphatic heterocycles. The second kappa shape index (κ2) is 13.7. The van der Waals surface area contributed by atoms with Crippen LogP contribution in [-0.2, 0) is 19.2 Å². The van der Waals surface area contributed by atoms with E-state index in [9.17, 15) is 24.0 Å².